The zero-order valence-electron chi connectivity index (χ0n) is 13.3. The lowest BCUT2D eigenvalue weighted by Gasteiger charge is -2.28. The van der Waals surface area contributed by atoms with Gasteiger partial charge < -0.3 is 9.32 Å². The van der Waals surface area contributed by atoms with E-state index in [-0.39, 0.29) is 41.9 Å². The highest BCUT2D eigenvalue weighted by Crippen LogP contribution is 2.22. The second-order valence-electron chi connectivity index (χ2n) is 6.08. The molecule has 0 spiro atoms. The van der Waals surface area contributed by atoms with Crippen molar-refractivity contribution >= 4 is 27.4 Å². The molecule has 24 heavy (non-hydrogen) atoms. The Labute approximate surface area is 140 Å². The minimum Gasteiger partial charge on any atom is -0.467 e. The van der Waals surface area contributed by atoms with Crippen molar-refractivity contribution in [2.24, 2.45) is 5.10 Å². The number of carbonyl (C=O) groups is 2. The first kappa shape index (κ1) is 16.7. The van der Waals surface area contributed by atoms with Crippen molar-refractivity contribution in [1.29, 1.82) is 0 Å². The maximum atomic E-state index is 12.5. The summed E-state index contributed by atoms with van der Waals surface area (Å²) in [6.45, 7) is 0.302. The van der Waals surface area contributed by atoms with E-state index in [1.54, 1.807) is 19.2 Å². The largest absolute Gasteiger partial charge is 0.467 e. The second kappa shape index (κ2) is 6.39. The molecular weight excluding hydrogens is 334 g/mol. The van der Waals surface area contributed by atoms with Crippen molar-refractivity contribution in [3.05, 3.63) is 24.2 Å². The van der Waals surface area contributed by atoms with Gasteiger partial charge in [0.1, 0.15) is 11.5 Å². The van der Waals surface area contributed by atoms with Crippen LogP contribution in [0.15, 0.2) is 27.9 Å². The fourth-order valence-corrected chi connectivity index (χ4v) is 4.60. The molecule has 3 rings (SSSR count). The molecule has 2 aliphatic heterocycles. The molecule has 0 N–H and O–H groups in total. The molecule has 9 heteroatoms. The van der Waals surface area contributed by atoms with Gasteiger partial charge in [0.15, 0.2) is 9.84 Å². The van der Waals surface area contributed by atoms with Crippen molar-refractivity contribution in [1.82, 2.24) is 9.91 Å². The predicted octanol–water partition coefficient (Wildman–Crippen LogP) is 0.403. The van der Waals surface area contributed by atoms with Crippen LogP contribution in [0.2, 0.25) is 0 Å². The number of furan rings is 1. The van der Waals surface area contributed by atoms with Crippen molar-refractivity contribution in [3.63, 3.8) is 0 Å². The van der Waals surface area contributed by atoms with Gasteiger partial charge in [-0.2, -0.15) is 5.10 Å². The molecular formula is C15H19N3O5S. The zero-order chi connectivity index (χ0) is 17.3. The molecule has 1 aromatic rings. The predicted molar refractivity (Wildman–Crippen MR) is 85.8 cm³/mol. The Morgan fingerprint density at radius 1 is 1.46 bits per heavy atom. The molecule has 0 radical (unpaired) electrons. The van der Waals surface area contributed by atoms with Gasteiger partial charge in [0, 0.05) is 19.9 Å². The molecule has 1 atom stereocenters. The third kappa shape index (κ3) is 3.50. The van der Waals surface area contributed by atoms with E-state index in [1.807, 2.05) is 0 Å². The number of hydrazone groups is 1. The topological polar surface area (TPSA) is 100 Å². The number of rotatable bonds is 4. The van der Waals surface area contributed by atoms with Crippen molar-refractivity contribution < 1.29 is 22.4 Å². The van der Waals surface area contributed by atoms with Gasteiger partial charge in [-0.15, -0.1) is 0 Å². The van der Waals surface area contributed by atoms with Gasteiger partial charge in [0.25, 0.3) is 5.91 Å². The lowest BCUT2D eigenvalue weighted by molar-refractivity contribution is -0.134. The average Bonchev–Trinajstić information content (AvgIpc) is 3.16. The minimum atomic E-state index is -3.13. The lowest BCUT2D eigenvalue weighted by Crippen LogP contribution is -2.44. The van der Waals surface area contributed by atoms with Crippen LogP contribution in [0.3, 0.4) is 0 Å². The van der Waals surface area contributed by atoms with Crippen LogP contribution in [0, 0.1) is 0 Å². The van der Waals surface area contributed by atoms with Gasteiger partial charge in [0.05, 0.1) is 30.4 Å². The summed E-state index contributed by atoms with van der Waals surface area (Å²) in [5.74, 6) is 0.0917. The van der Waals surface area contributed by atoms with Crippen molar-refractivity contribution in [3.8, 4) is 0 Å². The number of amides is 2. The molecule has 1 aromatic heterocycles. The Kier molecular flexibility index (Phi) is 4.44. The second-order valence-corrected chi connectivity index (χ2v) is 8.31. The Morgan fingerprint density at radius 3 is 2.88 bits per heavy atom. The summed E-state index contributed by atoms with van der Waals surface area (Å²) in [6, 6.07) is 3.04. The van der Waals surface area contributed by atoms with E-state index in [0.29, 0.717) is 18.7 Å². The van der Waals surface area contributed by atoms with Crippen LogP contribution in [-0.2, 0) is 26.0 Å². The number of hydrogen-bond donors (Lipinski definition) is 0. The first-order chi connectivity index (χ1) is 11.4. The van der Waals surface area contributed by atoms with Crippen molar-refractivity contribution in [2.45, 2.75) is 31.8 Å². The highest BCUT2D eigenvalue weighted by molar-refractivity contribution is 7.91. The fraction of sp³-hybridized carbons (Fsp3) is 0.533. The average molecular weight is 353 g/mol. The standard InChI is InChI=1S/C15H19N3O5S/c1-17(9-12-3-2-7-23-12)15(20)13-4-5-14(19)18(16-13)11-6-8-24(21,22)10-11/h2-3,7,11H,4-6,8-10H2,1H3. The van der Waals surface area contributed by atoms with Gasteiger partial charge in [-0.25, -0.2) is 13.4 Å². The third-order valence-corrected chi connectivity index (χ3v) is 5.93. The number of hydrogen-bond acceptors (Lipinski definition) is 6. The van der Waals surface area contributed by atoms with E-state index < -0.39 is 15.9 Å². The van der Waals surface area contributed by atoms with Gasteiger partial charge in [0.2, 0.25) is 5.91 Å². The smallest absolute Gasteiger partial charge is 0.270 e. The van der Waals surface area contributed by atoms with Gasteiger partial charge in [-0.3, -0.25) is 9.59 Å². The summed E-state index contributed by atoms with van der Waals surface area (Å²) < 4.78 is 28.5. The summed E-state index contributed by atoms with van der Waals surface area (Å²) in [5, 5.41) is 5.37. The van der Waals surface area contributed by atoms with E-state index in [9.17, 15) is 18.0 Å². The molecule has 1 saturated heterocycles. The number of carbonyl (C=O) groups excluding carboxylic acids is 2. The lowest BCUT2D eigenvalue weighted by atomic mass is 10.1. The number of nitrogens with zero attached hydrogens (tertiary/aromatic N) is 3. The molecule has 3 heterocycles. The SMILES string of the molecule is CN(Cc1ccco1)C(=O)C1=NN(C2CCS(=O)(=O)C2)C(=O)CC1. The molecule has 0 aromatic carbocycles. The minimum absolute atomic E-state index is 0.0542. The number of sulfone groups is 1. The molecule has 0 saturated carbocycles. The molecule has 0 aliphatic carbocycles. The molecule has 2 amide bonds. The van der Waals surface area contributed by atoms with E-state index in [1.165, 1.54) is 16.2 Å². The third-order valence-electron chi connectivity index (χ3n) is 4.18. The van der Waals surface area contributed by atoms with Crippen LogP contribution in [0.25, 0.3) is 0 Å². The van der Waals surface area contributed by atoms with Crippen LogP contribution >= 0.6 is 0 Å². The first-order valence-electron chi connectivity index (χ1n) is 7.73. The van der Waals surface area contributed by atoms with Crippen LogP contribution < -0.4 is 0 Å². The quantitative estimate of drug-likeness (QED) is 0.780. The van der Waals surface area contributed by atoms with Crippen LogP contribution in [0.5, 0.6) is 0 Å². The summed E-state index contributed by atoms with van der Waals surface area (Å²) in [4.78, 5) is 26.1. The Balaban J connectivity index is 1.73. The molecule has 8 nitrogen and oxygen atoms in total. The molecule has 1 fully saturated rings. The maximum absolute atomic E-state index is 12.5. The summed E-state index contributed by atoms with van der Waals surface area (Å²) in [6.07, 6.45) is 2.32. The van der Waals surface area contributed by atoms with Crippen molar-refractivity contribution in [2.75, 3.05) is 18.6 Å². The van der Waals surface area contributed by atoms with E-state index in [4.69, 9.17) is 4.42 Å². The monoisotopic (exact) mass is 353 g/mol. The van der Waals surface area contributed by atoms with E-state index >= 15 is 0 Å². The molecule has 0 bridgehead atoms. The highest BCUT2D eigenvalue weighted by Gasteiger charge is 2.37. The molecule has 2 aliphatic rings. The van der Waals surface area contributed by atoms with Gasteiger partial charge in [-0.05, 0) is 18.6 Å². The van der Waals surface area contributed by atoms with Crippen LogP contribution in [0.1, 0.15) is 25.0 Å². The maximum Gasteiger partial charge on any atom is 0.270 e. The summed E-state index contributed by atoms with van der Waals surface area (Å²) in [7, 11) is -1.49. The molecule has 130 valence electrons. The molecule has 1 unspecified atom stereocenters. The Morgan fingerprint density at radius 2 is 2.25 bits per heavy atom. The van der Waals surface area contributed by atoms with Crippen LogP contribution in [-0.4, -0.2) is 60.4 Å². The summed E-state index contributed by atoms with van der Waals surface area (Å²) in [5.41, 5.74) is 0.271. The Hall–Kier alpha value is -2.16. The van der Waals surface area contributed by atoms with E-state index in [0.717, 1.165) is 0 Å². The fourth-order valence-electron chi connectivity index (χ4n) is 2.91. The van der Waals surface area contributed by atoms with Gasteiger partial charge >= 0.3 is 0 Å². The Bertz CT molecular complexity index is 769. The summed E-state index contributed by atoms with van der Waals surface area (Å²) >= 11 is 0. The first-order valence-corrected chi connectivity index (χ1v) is 9.56. The van der Waals surface area contributed by atoms with Crippen LogP contribution in [0.4, 0.5) is 0 Å². The zero-order valence-corrected chi connectivity index (χ0v) is 14.2. The van der Waals surface area contributed by atoms with E-state index in [2.05, 4.69) is 5.10 Å². The normalized spacial score (nSPS) is 23.2. The van der Waals surface area contributed by atoms with Gasteiger partial charge in [-0.1, -0.05) is 0 Å². The highest BCUT2D eigenvalue weighted by atomic mass is 32.2.